The highest BCUT2D eigenvalue weighted by Gasteiger charge is 2.18. The minimum Gasteiger partial charge on any atom is -0.354 e. The minimum absolute atomic E-state index is 0.0732. The smallest absolute Gasteiger partial charge is 0.221 e. The van der Waals surface area contributed by atoms with E-state index in [2.05, 4.69) is 64.0 Å². The zero-order valence-corrected chi connectivity index (χ0v) is 17.9. The van der Waals surface area contributed by atoms with Crippen LogP contribution in [0, 0.1) is 0 Å². The van der Waals surface area contributed by atoms with Crippen LogP contribution < -0.4 is 16.0 Å². The van der Waals surface area contributed by atoms with E-state index < -0.39 is 0 Å². The molecule has 0 spiro atoms. The van der Waals surface area contributed by atoms with Gasteiger partial charge in [0.2, 0.25) is 5.91 Å². The highest BCUT2D eigenvalue weighted by atomic mass is 16.1. The fourth-order valence-electron chi connectivity index (χ4n) is 3.36. The van der Waals surface area contributed by atoms with Crippen molar-refractivity contribution in [3.63, 3.8) is 0 Å². The van der Waals surface area contributed by atoms with Crippen LogP contribution in [0.25, 0.3) is 0 Å². The maximum absolute atomic E-state index is 11.2. The van der Waals surface area contributed by atoms with Gasteiger partial charge in [0.25, 0.3) is 0 Å². The number of likely N-dealkylation sites (N-methyl/N-ethyl adjacent to an activating group) is 1. The van der Waals surface area contributed by atoms with Gasteiger partial charge < -0.3 is 16.0 Å². The molecule has 2 aromatic carbocycles. The maximum atomic E-state index is 11.2. The van der Waals surface area contributed by atoms with Crippen LogP contribution in [0.5, 0.6) is 0 Å². The van der Waals surface area contributed by atoms with Gasteiger partial charge >= 0.3 is 0 Å². The average molecular weight is 396 g/mol. The quantitative estimate of drug-likeness (QED) is 0.450. The molecule has 6 nitrogen and oxygen atoms in total. The average Bonchev–Trinajstić information content (AvgIpc) is 2.73. The molecule has 2 aromatic rings. The van der Waals surface area contributed by atoms with Crippen molar-refractivity contribution in [2.45, 2.75) is 33.4 Å². The van der Waals surface area contributed by atoms with Gasteiger partial charge in [0, 0.05) is 32.7 Å². The van der Waals surface area contributed by atoms with Crippen LogP contribution in [-0.4, -0.2) is 43.4 Å². The van der Waals surface area contributed by atoms with Crippen LogP contribution in [0.3, 0.4) is 0 Å². The van der Waals surface area contributed by atoms with Crippen LogP contribution in [0.15, 0.2) is 59.6 Å². The van der Waals surface area contributed by atoms with Gasteiger partial charge in [0.1, 0.15) is 0 Å². The van der Waals surface area contributed by atoms with Crippen LogP contribution >= 0.6 is 0 Å². The highest BCUT2D eigenvalue weighted by Crippen LogP contribution is 2.19. The van der Waals surface area contributed by atoms with Crippen molar-refractivity contribution in [1.29, 1.82) is 0 Å². The van der Waals surface area contributed by atoms with Crippen molar-refractivity contribution >= 4 is 17.6 Å². The molecule has 0 saturated heterocycles. The predicted octanol–water partition coefficient (Wildman–Crippen LogP) is 3.39. The highest BCUT2D eigenvalue weighted by molar-refractivity contribution is 5.88. The monoisotopic (exact) mass is 395 g/mol. The lowest BCUT2D eigenvalue weighted by Gasteiger charge is -2.30. The summed E-state index contributed by atoms with van der Waals surface area (Å²) < 4.78 is 0. The number of hydrogen-bond donors (Lipinski definition) is 3. The van der Waals surface area contributed by atoms with Crippen LogP contribution in [-0.2, 0) is 11.3 Å². The molecule has 0 saturated carbocycles. The molecular weight excluding hydrogens is 362 g/mol. The molecule has 0 aliphatic heterocycles. The van der Waals surface area contributed by atoms with Crippen molar-refractivity contribution in [2.75, 3.05) is 32.0 Å². The minimum atomic E-state index is -0.0732. The van der Waals surface area contributed by atoms with E-state index in [1.165, 1.54) is 12.5 Å². The lowest BCUT2D eigenvalue weighted by Crippen LogP contribution is -2.43. The molecule has 0 heterocycles. The number of amides is 1. The normalized spacial score (nSPS) is 12.5. The van der Waals surface area contributed by atoms with Crippen LogP contribution in [0.4, 0.5) is 5.69 Å². The van der Waals surface area contributed by atoms with Gasteiger partial charge in [-0.15, -0.1) is 0 Å². The summed E-state index contributed by atoms with van der Waals surface area (Å²) in [5, 5.41) is 9.63. The topological polar surface area (TPSA) is 68.8 Å². The molecule has 29 heavy (non-hydrogen) atoms. The van der Waals surface area contributed by atoms with Gasteiger partial charge in [-0.1, -0.05) is 56.3 Å². The lowest BCUT2D eigenvalue weighted by molar-refractivity contribution is -0.114. The summed E-state index contributed by atoms with van der Waals surface area (Å²) in [5.41, 5.74) is 3.16. The molecular formula is C23H33N5O. The van der Waals surface area contributed by atoms with Gasteiger partial charge in [-0.3, -0.25) is 14.7 Å². The second kappa shape index (κ2) is 11.9. The SMILES string of the molecule is CCN(CC)C(CNC(=NC)NCc1cccc(NC(C)=O)c1)c1ccccc1. The molecule has 0 radical (unpaired) electrons. The Labute approximate surface area is 174 Å². The van der Waals surface area contributed by atoms with E-state index in [1.54, 1.807) is 7.05 Å². The zero-order chi connectivity index (χ0) is 21.1. The van der Waals surface area contributed by atoms with Crippen molar-refractivity contribution in [3.8, 4) is 0 Å². The fraction of sp³-hybridized carbons (Fsp3) is 0.391. The van der Waals surface area contributed by atoms with Gasteiger partial charge in [-0.05, 0) is 36.3 Å². The van der Waals surface area contributed by atoms with Crippen molar-refractivity contribution < 1.29 is 4.79 Å². The second-order valence-electron chi connectivity index (χ2n) is 6.84. The Morgan fingerprint density at radius 1 is 1.03 bits per heavy atom. The molecule has 1 unspecified atom stereocenters. The van der Waals surface area contributed by atoms with Crippen molar-refractivity contribution in [2.24, 2.45) is 4.99 Å². The first-order valence-electron chi connectivity index (χ1n) is 10.2. The van der Waals surface area contributed by atoms with E-state index in [0.29, 0.717) is 6.54 Å². The number of hydrogen-bond acceptors (Lipinski definition) is 3. The molecule has 0 aliphatic rings. The lowest BCUT2D eigenvalue weighted by atomic mass is 10.1. The number of aliphatic imine (C=N–C) groups is 1. The van der Waals surface area contributed by atoms with Gasteiger partial charge in [-0.25, -0.2) is 0 Å². The van der Waals surface area contributed by atoms with E-state index in [-0.39, 0.29) is 11.9 Å². The number of anilines is 1. The van der Waals surface area contributed by atoms with Crippen molar-refractivity contribution in [1.82, 2.24) is 15.5 Å². The van der Waals surface area contributed by atoms with E-state index in [4.69, 9.17) is 0 Å². The molecule has 3 N–H and O–H groups in total. The molecule has 1 amide bonds. The van der Waals surface area contributed by atoms with Crippen molar-refractivity contribution in [3.05, 3.63) is 65.7 Å². The summed E-state index contributed by atoms with van der Waals surface area (Å²) in [6.45, 7) is 9.24. The predicted molar refractivity (Wildman–Crippen MR) is 121 cm³/mol. The van der Waals surface area contributed by atoms with Crippen LogP contribution in [0.1, 0.15) is 37.9 Å². The summed E-state index contributed by atoms with van der Waals surface area (Å²) in [5.74, 6) is 0.680. The molecule has 0 fully saturated rings. The zero-order valence-electron chi connectivity index (χ0n) is 17.9. The van der Waals surface area contributed by atoms with E-state index in [1.807, 2.05) is 30.3 Å². The maximum Gasteiger partial charge on any atom is 0.221 e. The van der Waals surface area contributed by atoms with Crippen LogP contribution in [0.2, 0.25) is 0 Å². The number of benzene rings is 2. The molecule has 0 aromatic heterocycles. The number of rotatable bonds is 9. The fourth-order valence-corrected chi connectivity index (χ4v) is 3.36. The first-order valence-corrected chi connectivity index (χ1v) is 10.2. The van der Waals surface area contributed by atoms with E-state index >= 15 is 0 Å². The Hall–Kier alpha value is -2.86. The molecule has 0 bridgehead atoms. The molecule has 6 heteroatoms. The largest absolute Gasteiger partial charge is 0.354 e. The van der Waals surface area contributed by atoms with E-state index in [9.17, 15) is 4.79 Å². The summed E-state index contributed by atoms with van der Waals surface area (Å²) in [6.07, 6.45) is 0. The third kappa shape index (κ3) is 7.23. The Morgan fingerprint density at radius 3 is 2.38 bits per heavy atom. The third-order valence-electron chi connectivity index (χ3n) is 4.83. The Balaban J connectivity index is 1.98. The van der Waals surface area contributed by atoms with E-state index in [0.717, 1.165) is 36.8 Å². The first-order chi connectivity index (χ1) is 14.1. The summed E-state index contributed by atoms with van der Waals surface area (Å²) in [6, 6.07) is 18.6. The summed E-state index contributed by atoms with van der Waals surface area (Å²) >= 11 is 0. The number of nitrogens with zero attached hydrogens (tertiary/aromatic N) is 2. The number of carbonyl (C=O) groups is 1. The van der Waals surface area contributed by atoms with Gasteiger partial charge in [0.15, 0.2) is 5.96 Å². The molecule has 0 aliphatic carbocycles. The Morgan fingerprint density at radius 2 is 1.76 bits per heavy atom. The first kappa shape index (κ1) is 22.4. The second-order valence-corrected chi connectivity index (χ2v) is 6.84. The Kier molecular flexibility index (Phi) is 9.18. The van der Waals surface area contributed by atoms with Gasteiger partial charge in [0.05, 0.1) is 6.04 Å². The molecule has 2 rings (SSSR count). The third-order valence-corrected chi connectivity index (χ3v) is 4.83. The summed E-state index contributed by atoms with van der Waals surface area (Å²) in [7, 11) is 1.78. The number of nitrogens with one attached hydrogen (secondary N) is 3. The standard InChI is InChI=1S/C23H33N5O/c1-5-28(6-2)22(20-12-8-7-9-13-20)17-26-23(24-4)25-16-19-11-10-14-21(15-19)27-18(3)29/h7-15,22H,5-6,16-17H2,1-4H3,(H,27,29)(H2,24,25,26). The Bertz CT molecular complexity index is 787. The number of carbonyl (C=O) groups excluding carboxylic acids is 1. The number of guanidine groups is 1. The molecule has 156 valence electrons. The van der Waals surface area contributed by atoms with Gasteiger partial charge in [-0.2, -0.15) is 0 Å². The molecule has 1 atom stereocenters. The summed E-state index contributed by atoms with van der Waals surface area (Å²) in [4.78, 5) is 18.0.